The van der Waals surface area contributed by atoms with E-state index < -0.39 is 0 Å². The third kappa shape index (κ3) is 2.64. The number of hydrogen-bond acceptors (Lipinski definition) is 3. The lowest BCUT2D eigenvalue weighted by molar-refractivity contribution is 0.261. The van der Waals surface area contributed by atoms with Gasteiger partial charge in [-0.05, 0) is 32.5 Å². The number of nitrogens with zero attached hydrogens (tertiary/aromatic N) is 2. The molecule has 2 heterocycles. The van der Waals surface area contributed by atoms with Gasteiger partial charge in [-0.25, -0.2) is 0 Å². The molecule has 88 valence electrons. The van der Waals surface area contributed by atoms with Crippen molar-refractivity contribution >= 4 is 5.69 Å². The standard InChI is InChI=1S/C12H19N3O/c1-14-7-3-4-10(8-14)13-11-5-6-12(16)15(2)9-11/h5-6,9-10,13H,3-4,7-8H2,1-2H3. The van der Waals surface area contributed by atoms with Crippen LogP contribution in [0.1, 0.15) is 12.8 Å². The highest BCUT2D eigenvalue weighted by molar-refractivity contribution is 5.41. The van der Waals surface area contributed by atoms with Gasteiger partial charge in [-0.1, -0.05) is 0 Å². The van der Waals surface area contributed by atoms with Crippen molar-refractivity contribution in [1.82, 2.24) is 9.47 Å². The van der Waals surface area contributed by atoms with Gasteiger partial charge in [0.25, 0.3) is 0 Å². The van der Waals surface area contributed by atoms with Crippen molar-refractivity contribution in [2.45, 2.75) is 18.9 Å². The minimum absolute atomic E-state index is 0.0336. The lowest BCUT2D eigenvalue weighted by atomic mass is 10.1. The van der Waals surface area contributed by atoms with Gasteiger partial charge in [0.05, 0.1) is 5.69 Å². The highest BCUT2D eigenvalue weighted by Gasteiger charge is 2.16. The molecular weight excluding hydrogens is 202 g/mol. The van der Waals surface area contributed by atoms with E-state index in [1.807, 2.05) is 12.3 Å². The van der Waals surface area contributed by atoms with Gasteiger partial charge in [0.1, 0.15) is 0 Å². The molecule has 0 amide bonds. The minimum atomic E-state index is 0.0336. The maximum atomic E-state index is 11.2. The fraction of sp³-hybridized carbons (Fsp3) is 0.583. The molecule has 1 aliphatic heterocycles. The van der Waals surface area contributed by atoms with E-state index in [0.29, 0.717) is 6.04 Å². The van der Waals surface area contributed by atoms with Crippen LogP contribution in [0, 0.1) is 0 Å². The van der Waals surface area contributed by atoms with Gasteiger partial charge in [-0.3, -0.25) is 4.79 Å². The molecular formula is C12H19N3O. The van der Waals surface area contributed by atoms with E-state index in [1.54, 1.807) is 17.7 Å². The van der Waals surface area contributed by atoms with Crippen molar-refractivity contribution in [1.29, 1.82) is 0 Å². The van der Waals surface area contributed by atoms with Crippen LogP contribution in [0.5, 0.6) is 0 Å². The van der Waals surface area contributed by atoms with Gasteiger partial charge in [-0.15, -0.1) is 0 Å². The van der Waals surface area contributed by atoms with Crippen molar-refractivity contribution in [3.05, 3.63) is 28.7 Å². The Morgan fingerprint density at radius 3 is 2.88 bits per heavy atom. The molecule has 4 nitrogen and oxygen atoms in total. The first-order valence-electron chi connectivity index (χ1n) is 5.77. The summed E-state index contributed by atoms with van der Waals surface area (Å²) in [5.74, 6) is 0. The molecule has 1 unspecified atom stereocenters. The Bertz CT molecular complexity index is 413. The van der Waals surface area contributed by atoms with Crippen LogP contribution in [0.15, 0.2) is 23.1 Å². The molecule has 0 spiro atoms. The first kappa shape index (κ1) is 11.2. The van der Waals surface area contributed by atoms with Crippen molar-refractivity contribution in [3.63, 3.8) is 0 Å². The summed E-state index contributed by atoms with van der Waals surface area (Å²) in [4.78, 5) is 13.6. The Hall–Kier alpha value is -1.29. The summed E-state index contributed by atoms with van der Waals surface area (Å²) in [6.07, 6.45) is 4.30. The molecule has 16 heavy (non-hydrogen) atoms. The van der Waals surface area contributed by atoms with Crippen molar-refractivity contribution in [3.8, 4) is 0 Å². The average molecular weight is 221 g/mol. The molecule has 1 aliphatic rings. The van der Waals surface area contributed by atoms with Crippen LogP contribution in [0.2, 0.25) is 0 Å². The van der Waals surface area contributed by atoms with Gasteiger partial charge < -0.3 is 14.8 Å². The molecule has 1 N–H and O–H groups in total. The molecule has 1 saturated heterocycles. The van der Waals surface area contributed by atoms with Crippen LogP contribution in [-0.2, 0) is 7.05 Å². The fourth-order valence-corrected chi connectivity index (χ4v) is 2.20. The second-order valence-corrected chi connectivity index (χ2v) is 4.61. The maximum Gasteiger partial charge on any atom is 0.250 e. The highest BCUT2D eigenvalue weighted by atomic mass is 16.1. The normalized spacial score (nSPS) is 22.0. The zero-order valence-corrected chi connectivity index (χ0v) is 9.94. The van der Waals surface area contributed by atoms with Crippen molar-refractivity contribution in [2.24, 2.45) is 7.05 Å². The zero-order valence-electron chi connectivity index (χ0n) is 9.94. The summed E-state index contributed by atoms with van der Waals surface area (Å²) in [5.41, 5.74) is 1.06. The zero-order chi connectivity index (χ0) is 11.5. The molecule has 1 atom stereocenters. The number of aromatic nitrogens is 1. The van der Waals surface area contributed by atoms with Crippen LogP contribution in [-0.4, -0.2) is 35.6 Å². The summed E-state index contributed by atoms with van der Waals surface area (Å²) in [6, 6.07) is 3.96. The number of rotatable bonds is 2. The number of likely N-dealkylation sites (N-methyl/N-ethyl adjacent to an activating group) is 1. The lowest BCUT2D eigenvalue weighted by Gasteiger charge is -2.30. The van der Waals surface area contributed by atoms with E-state index in [9.17, 15) is 4.79 Å². The monoisotopic (exact) mass is 221 g/mol. The van der Waals surface area contributed by atoms with Crippen LogP contribution in [0.25, 0.3) is 0 Å². The van der Waals surface area contributed by atoms with E-state index in [-0.39, 0.29) is 5.56 Å². The van der Waals surface area contributed by atoms with Gasteiger partial charge in [-0.2, -0.15) is 0 Å². The summed E-state index contributed by atoms with van der Waals surface area (Å²) in [5, 5.41) is 3.48. The smallest absolute Gasteiger partial charge is 0.250 e. The Balaban J connectivity index is 2.03. The molecule has 1 aromatic rings. The van der Waals surface area contributed by atoms with Crippen LogP contribution < -0.4 is 10.9 Å². The second-order valence-electron chi connectivity index (χ2n) is 4.61. The predicted molar refractivity (Wildman–Crippen MR) is 65.8 cm³/mol. The maximum absolute atomic E-state index is 11.2. The van der Waals surface area contributed by atoms with E-state index in [1.165, 1.54) is 19.4 Å². The third-order valence-electron chi connectivity index (χ3n) is 3.08. The molecule has 0 radical (unpaired) electrons. The van der Waals surface area contributed by atoms with E-state index in [4.69, 9.17) is 0 Å². The van der Waals surface area contributed by atoms with Crippen molar-refractivity contribution in [2.75, 3.05) is 25.5 Å². The molecule has 2 rings (SSSR count). The minimum Gasteiger partial charge on any atom is -0.380 e. The highest BCUT2D eigenvalue weighted by Crippen LogP contribution is 2.13. The van der Waals surface area contributed by atoms with E-state index >= 15 is 0 Å². The van der Waals surface area contributed by atoms with E-state index in [2.05, 4.69) is 17.3 Å². The number of anilines is 1. The number of aryl methyl sites for hydroxylation is 1. The topological polar surface area (TPSA) is 37.3 Å². The predicted octanol–water partition coefficient (Wildman–Crippen LogP) is 0.891. The number of nitrogens with one attached hydrogen (secondary N) is 1. The summed E-state index contributed by atoms with van der Waals surface area (Å²) in [6.45, 7) is 2.26. The molecule has 1 fully saturated rings. The van der Waals surface area contributed by atoms with Gasteiger partial charge in [0.15, 0.2) is 0 Å². The van der Waals surface area contributed by atoms with Crippen LogP contribution >= 0.6 is 0 Å². The Morgan fingerprint density at radius 1 is 1.38 bits per heavy atom. The summed E-state index contributed by atoms with van der Waals surface area (Å²) in [7, 11) is 3.93. The number of piperidine rings is 1. The van der Waals surface area contributed by atoms with Gasteiger partial charge >= 0.3 is 0 Å². The second kappa shape index (κ2) is 4.70. The molecule has 4 heteroatoms. The number of hydrogen-bond donors (Lipinski definition) is 1. The van der Waals surface area contributed by atoms with Gasteiger partial charge in [0, 0.05) is 31.9 Å². The number of likely N-dealkylation sites (tertiary alicyclic amines) is 1. The Morgan fingerprint density at radius 2 is 2.19 bits per heavy atom. The van der Waals surface area contributed by atoms with Crippen molar-refractivity contribution < 1.29 is 0 Å². The van der Waals surface area contributed by atoms with Gasteiger partial charge in [0.2, 0.25) is 5.56 Å². The molecule has 0 aliphatic carbocycles. The molecule has 0 bridgehead atoms. The Kier molecular flexibility index (Phi) is 3.29. The van der Waals surface area contributed by atoms with Crippen LogP contribution in [0.3, 0.4) is 0 Å². The SMILES string of the molecule is CN1CCCC(Nc2ccc(=O)n(C)c2)C1. The summed E-state index contributed by atoms with van der Waals surface area (Å²) < 4.78 is 1.61. The molecule has 0 saturated carbocycles. The van der Waals surface area contributed by atoms with Crippen LogP contribution in [0.4, 0.5) is 5.69 Å². The Labute approximate surface area is 95.9 Å². The third-order valence-corrected chi connectivity index (χ3v) is 3.08. The molecule has 0 aromatic carbocycles. The summed E-state index contributed by atoms with van der Waals surface area (Å²) >= 11 is 0. The largest absolute Gasteiger partial charge is 0.380 e. The quantitative estimate of drug-likeness (QED) is 0.806. The molecule has 1 aromatic heterocycles. The lowest BCUT2D eigenvalue weighted by Crippen LogP contribution is -2.39. The first-order chi connectivity index (χ1) is 7.65. The fourth-order valence-electron chi connectivity index (χ4n) is 2.20. The average Bonchev–Trinajstić information content (AvgIpc) is 2.24. The first-order valence-corrected chi connectivity index (χ1v) is 5.77. The number of pyridine rings is 1. The van der Waals surface area contributed by atoms with E-state index in [0.717, 1.165) is 12.2 Å².